The summed E-state index contributed by atoms with van der Waals surface area (Å²) in [6, 6.07) is 58.5. The van der Waals surface area contributed by atoms with Crippen molar-refractivity contribution in [3.8, 4) is 11.8 Å². The minimum absolute atomic E-state index is 0.596. The molecular weight excluding hydrogens is 687 g/mol. The third kappa shape index (κ3) is 3.39. The monoisotopic (exact) mass is 713 g/mol. The van der Waals surface area contributed by atoms with E-state index in [9.17, 15) is 0 Å². The minimum atomic E-state index is 0.596. The molecule has 0 atom stereocenters. The van der Waals surface area contributed by atoms with Crippen LogP contribution in [0.1, 0.15) is 0 Å². The molecule has 14 aromatic rings. The molecule has 0 aliphatic heterocycles. The van der Waals surface area contributed by atoms with Crippen molar-refractivity contribution in [3.63, 3.8) is 0 Å². The molecule has 0 radical (unpaired) electrons. The predicted molar refractivity (Wildman–Crippen MR) is 230 cm³/mol. The van der Waals surface area contributed by atoms with Gasteiger partial charge in [-0.05, 0) is 59.3 Å². The molecule has 0 bridgehead atoms. The van der Waals surface area contributed by atoms with Gasteiger partial charge in [0.1, 0.15) is 11.1 Å². The van der Waals surface area contributed by atoms with E-state index in [2.05, 4.69) is 165 Å². The second-order valence-electron chi connectivity index (χ2n) is 14.9. The van der Waals surface area contributed by atoms with Crippen molar-refractivity contribution < 1.29 is 4.42 Å². The van der Waals surface area contributed by atoms with Gasteiger partial charge in [-0.15, -0.1) is 0 Å². The molecule has 0 aliphatic rings. The van der Waals surface area contributed by atoms with Gasteiger partial charge in [-0.2, -0.15) is 4.98 Å². The van der Waals surface area contributed by atoms with E-state index in [1.54, 1.807) is 0 Å². The van der Waals surface area contributed by atoms with E-state index in [1.807, 2.05) is 12.1 Å². The van der Waals surface area contributed by atoms with Gasteiger partial charge in [0.15, 0.2) is 11.4 Å². The van der Waals surface area contributed by atoms with Crippen LogP contribution in [0.2, 0.25) is 0 Å². The molecule has 6 aromatic heterocycles. The van der Waals surface area contributed by atoms with Crippen LogP contribution in [0.4, 0.5) is 0 Å². The van der Waals surface area contributed by atoms with Gasteiger partial charge in [0.25, 0.3) is 0 Å². The maximum absolute atomic E-state index is 6.74. The lowest BCUT2D eigenvalue weighted by Crippen LogP contribution is -2.06. The summed E-state index contributed by atoms with van der Waals surface area (Å²) >= 11 is 0. The Morgan fingerprint density at radius 2 is 0.982 bits per heavy atom. The van der Waals surface area contributed by atoms with Crippen molar-refractivity contribution in [2.24, 2.45) is 0 Å². The third-order valence-electron chi connectivity index (χ3n) is 12.2. The van der Waals surface area contributed by atoms with Gasteiger partial charge in [0.2, 0.25) is 5.95 Å². The topological polar surface area (TPSA) is 53.2 Å². The van der Waals surface area contributed by atoms with Gasteiger partial charge in [-0.3, -0.25) is 9.13 Å². The number of fused-ring (bicyclic) bond motifs is 18. The second kappa shape index (κ2) is 10.1. The van der Waals surface area contributed by atoms with Gasteiger partial charge in [-0.25, -0.2) is 4.98 Å². The normalized spacial score (nSPS) is 12.6. The first kappa shape index (κ1) is 28.8. The van der Waals surface area contributed by atoms with Crippen molar-refractivity contribution in [1.29, 1.82) is 0 Å². The summed E-state index contributed by atoms with van der Waals surface area (Å²) in [6.45, 7) is 0. The smallest absolute Gasteiger partial charge is 0.237 e. The molecular formula is C50H27N5O. The Morgan fingerprint density at radius 3 is 1.73 bits per heavy atom. The van der Waals surface area contributed by atoms with Gasteiger partial charge < -0.3 is 8.82 Å². The van der Waals surface area contributed by atoms with E-state index in [0.29, 0.717) is 17.3 Å². The summed E-state index contributed by atoms with van der Waals surface area (Å²) in [7, 11) is 0. The fraction of sp³-hybridized carbons (Fsp3) is 0. The van der Waals surface area contributed by atoms with Gasteiger partial charge in [-0.1, -0.05) is 115 Å². The van der Waals surface area contributed by atoms with Crippen molar-refractivity contribution in [2.45, 2.75) is 0 Å². The molecule has 56 heavy (non-hydrogen) atoms. The predicted octanol–water partition coefficient (Wildman–Crippen LogP) is 12.9. The molecule has 0 N–H and O–H groups in total. The average molecular weight is 714 g/mol. The number of aromatic nitrogens is 5. The van der Waals surface area contributed by atoms with Crippen molar-refractivity contribution in [2.75, 3.05) is 0 Å². The molecule has 0 aliphatic carbocycles. The molecule has 0 fully saturated rings. The minimum Gasteiger partial charge on any atom is -0.450 e. The third-order valence-corrected chi connectivity index (χ3v) is 12.2. The lowest BCUT2D eigenvalue weighted by atomic mass is 10.0. The van der Waals surface area contributed by atoms with E-state index in [4.69, 9.17) is 14.4 Å². The summed E-state index contributed by atoms with van der Waals surface area (Å²) in [5.74, 6) is 1.31. The number of nitrogens with zero attached hydrogens (tertiary/aromatic N) is 5. The van der Waals surface area contributed by atoms with Crippen LogP contribution in [0.5, 0.6) is 0 Å². The first-order chi connectivity index (χ1) is 27.8. The fourth-order valence-corrected chi connectivity index (χ4v) is 9.95. The van der Waals surface area contributed by atoms with Crippen LogP contribution in [-0.2, 0) is 0 Å². The molecule has 14 rings (SSSR count). The van der Waals surface area contributed by atoms with Gasteiger partial charge >= 0.3 is 0 Å². The van der Waals surface area contributed by atoms with Gasteiger partial charge in [0, 0.05) is 48.5 Å². The second-order valence-corrected chi connectivity index (χ2v) is 14.9. The number of hydrogen-bond acceptors (Lipinski definition) is 3. The summed E-state index contributed by atoms with van der Waals surface area (Å²) in [6.07, 6.45) is 0. The average Bonchev–Trinajstić information content (AvgIpc) is 4.05. The van der Waals surface area contributed by atoms with Crippen molar-refractivity contribution in [3.05, 3.63) is 164 Å². The molecule has 0 saturated carbocycles. The van der Waals surface area contributed by atoms with Crippen molar-refractivity contribution >= 4 is 115 Å². The Bertz CT molecular complexity index is 3960. The number of hydrogen-bond donors (Lipinski definition) is 0. The van der Waals surface area contributed by atoms with E-state index < -0.39 is 0 Å². The van der Waals surface area contributed by atoms with E-state index in [1.165, 1.54) is 59.6 Å². The zero-order valence-electron chi connectivity index (χ0n) is 29.7. The summed E-state index contributed by atoms with van der Waals surface area (Å²) in [5.41, 5.74) is 10.1. The lowest BCUT2D eigenvalue weighted by molar-refractivity contribution is 0.661. The first-order valence-corrected chi connectivity index (χ1v) is 19.0. The highest BCUT2D eigenvalue weighted by atomic mass is 16.3. The molecule has 6 heteroatoms. The largest absolute Gasteiger partial charge is 0.450 e. The van der Waals surface area contributed by atoms with Crippen LogP contribution in [0.15, 0.2) is 168 Å². The molecule has 0 amide bonds. The van der Waals surface area contributed by atoms with Crippen LogP contribution in [0.3, 0.4) is 0 Å². The Kier molecular flexibility index (Phi) is 5.18. The van der Waals surface area contributed by atoms with Crippen LogP contribution in [-0.4, -0.2) is 23.5 Å². The highest BCUT2D eigenvalue weighted by molar-refractivity contribution is 6.36. The molecule has 0 unspecified atom stereocenters. The fourth-order valence-electron chi connectivity index (χ4n) is 9.95. The van der Waals surface area contributed by atoms with Gasteiger partial charge in [0.05, 0.1) is 38.6 Å². The number of rotatable bonds is 2. The zero-order valence-corrected chi connectivity index (χ0v) is 29.7. The summed E-state index contributed by atoms with van der Waals surface area (Å²) in [4.78, 5) is 11.2. The maximum atomic E-state index is 6.74. The highest BCUT2D eigenvalue weighted by Crippen LogP contribution is 2.48. The molecule has 258 valence electrons. The van der Waals surface area contributed by atoms with Crippen LogP contribution < -0.4 is 0 Å². The maximum Gasteiger partial charge on any atom is 0.237 e. The number of furan rings is 1. The van der Waals surface area contributed by atoms with E-state index in [-0.39, 0.29) is 0 Å². The summed E-state index contributed by atoms with van der Waals surface area (Å²) < 4.78 is 13.8. The Morgan fingerprint density at radius 1 is 0.393 bits per heavy atom. The Labute approximate surface area is 317 Å². The van der Waals surface area contributed by atoms with Crippen molar-refractivity contribution in [1.82, 2.24) is 23.5 Å². The van der Waals surface area contributed by atoms with Crippen LogP contribution in [0, 0.1) is 0 Å². The molecule has 0 saturated heterocycles. The summed E-state index contributed by atoms with van der Waals surface area (Å²) in [5, 5.41) is 12.9. The zero-order chi connectivity index (χ0) is 36.2. The van der Waals surface area contributed by atoms with E-state index >= 15 is 0 Å². The standard InChI is InChI=1S/C50H27N5O/c1-2-14-29-28(13-1)25-26-41-43(29)36-27-35-32-17-5-8-20-37(32)53-40-23-11-6-18-33(40)44(46(35)53)47(36)55(41)50-51-45-34-19-7-12-24-42(34)56-48(45)49(52-50)54-38-21-9-3-15-30(38)31-16-4-10-22-39(31)54/h1-27H. The molecule has 6 heterocycles. The number of para-hydroxylation sites is 5. The first-order valence-electron chi connectivity index (χ1n) is 19.0. The van der Waals surface area contributed by atoms with E-state index in [0.717, 1.165) is 49.3 Å². The lowest BCUT2D eigenvalue weighted by Gasteiger charge is -2.12. The van der Waals surface area contributed by atoms with Crippen LogP contribution >= 0.6 is 0 Å². The quantitative estimate of drug-likeness (QED) is 0.179. The molecule has 8 aromatic carbocycles. The highest BCUT2D eigenvalue weighted by Gasteiger charge is 2.28. The molecule has 0 spiro atoms. The number of benzene rings is 8. The van der Waals surface area contributed by atoms with Crippen LogP contribution in [0.25, 0.3) is 126 Å². The SMILES string of the molecule is c1ccc2c(c1)ccc1c2c2cc3c4ccccc4n4c5ccccc5c(c2n1-c1nc(-n2c5ccccc5c5ccccc52)c2oc5ccccc5c2n1)c34. The molecule has 6 nitrogen and oxygen atoms in total. The Hall–Kier alpha value is -7.70. The Balaban J connectivity index is 1.25.